The van der Waals surface area contributed by atoms with E-state index in [0.717, 1.165) is 24.2 Å². The minimum atomic E-state index is 0.123. The SMILES string of the molecule is C/C=C(\CC)C(=O)NC1CCSC1. The number of hydrogen-bond donors (Lipinski definition) is 1. The highest BCUT2D eigenvalue weighted by molar-refractivity contribution is 7.99. The number of allylic oxidation sites excluding steroid dienone is 1. The van der Waals surface area contributed by atoms with Crippen molar-refractivity contribution in [3.63, 3.8) is 0 Å². The summed E-state index contributed by atoms with van der Waals surface area (Å²) in [5.74, 6) is 2.38. The molecule has 1 heterocycles. The molecule has 1 amide bonds. The number of carbonyl (C=O) groups is 1. The molecule has 0 radical (unpaired) electrons. The number of nitrogens with one attached hydrogen (secondary N) is 1. The average Bonchev–Trinajstić information content (AvgIpc) is 2.59. The van der Waals surface area contributed by atoms with Crippen molar-refractivity contribution in [1.82, 2.24) is 5.32 Å². The molecule has 0 aromatic heterocycles. The molecular formula is C10H17NOS. The molecule has 0 aliphatic carbocycles. The van der Waals surface area contributed by atoms with Crippen LogP contribution >= 0.6 is 11.8 Å². The molecule has 1 aliphatic heterocycles. The van der Waals surface area contributed by atoms with Gasteiger partial charge in [0.05, 0.1) is 0 Å². The van der Waals surface area contributed by atoms with E-state index in [-0.39, 0.29) is 5.91 Å². The number of rotatable bonds is 3. The van der Waals surface area contributed by atoms with Gasteiger partial charge in [0.15, 0.2) is 0 Å². The van der Waals surface area contributed by atoms with Gasteiger partial charge in [0.1, 0.15) is 0 Å². The zero-order chi connectivity index (χ0) is 9.68. The summed E-state index contributed by atoms with van der Waals surface area (Å²) in [6, 6.07) is 0.402. The molecule has 1 aliphatic rings. The second-order valence-corrected chi connectivity index (χ2v) is 4.35. The van der Waals surface area contributed by atoms with E-state index in [1.165, 1.54) is 5.75 Å². The first-order valence-corrected chi connectivity index (χ1v) is 5.97. The van der Waals surface area contributed by atoms with Gasteiger partial charge in [-0.25, -0.2) is 0 Å². The second kappa shape index (κ2) is 5.32. The van der Waals surface area contributed by atoms with Gasteiger partial charge in [-0.2, -0.15) is 11.8 Å². The minimum absolute atomic E-state index is 0.123. The van der Waals surface area contributed by atoms with Crippen LogP contribution < -0.4 is 5.32 Å². The van der Waals surface area contributed by atoms with Crippen LogP contribution in [0, 0.1) is 0 Å². The minimum Gasteiger partial charge on any atom is -0.349 e. The van der Waals surface area contributed by atoms with Gasteiger partial charge in [-0.1, -0.05) is 13.0 Å². The average molecular weight is 199 g/mol. The van der Waals surface area contributed by atoms with Gasteiger partial charge in [-0.05, 0) is 25.5 Å². The Morgan fingerprint density at radius 3 is 2.92 bits per heavy atom. The summed E-state index contributed by atoms with van der Waals surface area (Å²) in [6.07, 6.45) is 3.84. The first kappa shape index (κ1) is 10.6. The maximum absolute atomic E-state index is 11.6. The second-order valence-electron chi connectivity index (χ2n) is 3.20. The van der Waals surface area contributed by atoms with Crippen molar-refractivity contribution in [3.05, 3.63) is 11.6 Å². The van der Waals surface area contributed by atoms with Crippen molar-refractivity contribution >= 4 is 17.7 Å². The molecule has 1 rings (SSSR count). The third-order valence-corrected chi connectivity index (χ3v) is 3.45. The Bertz CT molecular complexity index is 207. The number of thioether (sulfide) groups is 1. The maximum atomic E-state index is 11.6. The Kier molecular flexibility index (Phi) is 4.36. The summed E-state index contributed by atoms with van der Waals surface area (Å²) in [7, 11) is 0. The lowest BCUT2D eigenvalue weighted by Crippen LogP contribution is -2.35. The van der Waals surface area contributed by atoms with Crippen LogP contribution in [-0.4, -0.2) is 23.5 Å². The van der Waals surface area contributed by atoms with Crippen LogP contribution in [0.5, 0.6) is 0 Å². The molecule has 0 saturated carbocycles. The Labute approximate surface area is 84.2 Å². The van der Waals surface area contributed by atoms with E-state index < -0.39 is 0 Å². The molecule has 13 heavy (non-hydrogen) atoms. The highest BCUT2D eigenvalue weighted by atomic mass is 32.2. The number of hydrogen-bond acceptors (Lipinski definition) is 2. The molecular weight excluding hydrogens is 182 g/mol. The normalized spacial score (nSPS) is 23.2. The largest absolute Gasteiger partial charge is 0.349 e. The molecule has 1 saturated heterocycles. The van der Waals surface area contributed by atoms with Crippen LogP contribution in [0.3, 0.4) is 0 Å². The monoisotopic (exact) mass is 199 g/mol. The lowest BCUT2D eigenvalue weighted by molar-refractivity contribution is -0.118. The fourth-order valence-electron chi connectivity index (χ4n) is 1.42. The summed E-state index contributed by atoms with van der Waals surface area (Å²) in [5, 5.41) is 3.05. The molecule has 2 nitrogen and oxygen atoms in total. The van der Waals surface area contributed by atoms with Gasteiger partial charge in [0.25, 0.3) is 0 Å². The van der Waals surface area contributed by atoms with Gasteiger partial charge in [0, 0.05) is 17.4 Å². The maximum Gasteiger partial charge on any atom is 0.247 e. The summed E-state index contributed by atoms with van der Waals surface area (Å²) in [5.41, 5.74) is 0.900. The third-order valence-electron chi connectivity index (χ3n) is 2.29. The zero-order valence-corrected chi connectivity index (χ0v) is 9.12. The topological polar surface area (TPSA) is 29.1 Å². The zero-order valence-electron chi connectivity index (χ0n) is 8.30. The van der Waals surface area contributed by atoms with Gasteiger partial charge >= 0.3 is 0 Å². The molecule has 74 valence electrons. The molecule has 1 unspecified atom stereocenters. The molecule has 1 N–H and O–H groups in total. The lowest BCUT2D eigenvalue weighted by atomic mass is 10.1. The van der Waals surface area contributed by atoms with Crippen molar-refractivity contribution < 1.29 is 4.79 Å². The third kappa shape index (κ3) is 3.07. The van der Waals surface area contributed by atoms with E-state index in [1.807, 2.05) is 31.7 Å². The van der Waals surface area contributed by atoms with Gasteiger partial charge in [0.2, 0.25) is 5.91 Å². The fourth-order valence-corrected chi connectivity index (χ4v) is 2.57. The molecule has 3 heteroatoms. The van der Waals surface area contributed by atoms with Crippen molar-refractivity contribution in [1.29, 1.82) is 0 Å². The van der Waals surface area contributed by atoms with E-state index in [1.54, 1.807) is 0 Å². The predicted octanol–water partition coefficient (Wildman–Crippen LogP) is 1.96. The Morgan fingerprint density at radius 1 is 1.69 bits per heavy atom. The van der Waals surface area contributed by atoms with E-state index in [4.69, 9.17) is 0 Å². The lowest BCUT2D eigenvalue weighted by Gasteiger charge is -2.12. The van der Waals surface area contributed by atoms with Gasteiger partial charge in [-0.3, -0.25) is 4.79 Å². The molecule has 0 aromatic rings. The molecule has 0 spiro atoms. The summed E-state index contributed by atoms with van der Waals surface area (Å²) >= 11 is 1.92. The van der Waals surface area contributed by atoms with E-state index in [9.17, 15) is 4.79 Å². The first-order valence-electron chi connectivity index (χ1n) is 4.81. The number of amides is 1. The highest BCUT2D eigenvalue weighted by Gasteiger charge is 2.18. The van der Waals surface area contributed by atoms with E-state index >= 15 is 0 Å². The summed E-state index contributed by atoms with van der Waals surface area (Å²) in [6.45, 7) is 3.93. The Hall–Kier alpha value is -0.440. The smallest absolute Gasteiger partial charge is 0.247 e. The fraction of sp³-hybridized carbons (Fsp3) is 0.700. The molecule has 0 bridgehead atoms. The van der Waals surface area contributed by atoms with Crippen LogP contribution in [0.25, 0.3) is 0 Å². The van der Waals surface area contributed by atoms with Crippen molar-refractivity contribution in [3.8, 4) is 0 Å². The van der Waals surface area contributed by atoms with Gasteiger partial charge in [-0.15, -0.1) is 0 Å². The van der Waals surface area contributed by atoms with E-state index in [2.05, 4.69) is 5.32 Å². The van der Waals surface area contributed by atoms with Crippen molar-refractivity contribution in [2.75, 3.05) is 11.5 Å². The van der Waals surface area contributed by atoms with Crippen LogP contribution in [0.15, 0.2) is 11.6 Å². The molecule has 0 aromatic carbocycles. The Morgan fingerprint density at radius 2 is 2.46 bits per heavy atom. The standard InChI is InChI=1S/C10H17NOS/c1-3-8(4-2)10(12)11-9-5-6-13-7-9/h3,9H,4-7H2,1-2H3,(H,11,12)/b8-3+. The van der Waals surface area contributed by atoms with Gasteiger partial charge < -0.3 is 5.32 Å². The van der Waals surface area contributed by atoms with Crippen LogP contribution in [0.1, 0.15) is 26.7 Å². The van der Waals surface area contributed by atoms with Crippen molar-refractivity contribution in [2.45, 2.75) is 32.7 Å². The quantitative estimate of drug-likeness (QED) is 0.704. The predicted molar refractivity (Wildman–Crippen MR) is 57.9 cm³/mol. The summed E-state index contributed by atoms with van der Waals surface area (Å²) < 4.78 is 0. The first-order chi connectivity index (χ1) is 6.27. The number of carbonyl (C=O) groups excluding carboxylic acids is 1. The summed E-state index contributed by atoms with van der Waals surface area (Å²) in [4.78, 5) is 11.6. The van der Waals surface area contributed by atoms with Crippen LogP contribution in [0.4, 0.5) is 0 Å². The van der Waals surface area contributed by atoms with E-state index in [0.29, 0.717) is 6.04 Å². The van der Waals surface area contributed by atoms with Crippen LogP contribution in [-0.2, 0) is 4.79 Å². The molecule has 1 fully saturated rings. The van der Waals surface area contributed by atoms with Crippen LogP contribution in [0.2, 0.25) is 0 Å². The highest BCUT2D eigenvalue weighted by Crippen LogP contribution is 2.17. The molecule has 1 atom stereocenters. The Balaban J connectivity index is 2.39. The van der Waals surface area contributed by atoms with Crippen molar-refractivity contribution in [2.24, 2.45) is 0 Å².